The van der Waals surface area contributed by atoms with Crippen molar-refractivity contribution >= 4 is 23.3 Å². The predicted octanol–water partition coefficient (Wildman–Crippen LogP) is 3.88. The monoisotopic (exact) mass is 556 g/mol. The van der Waals surface area contributed by atoms with Crippen LogP contribution in [0.4, 0.5) is 16.2 Å². The van der Waals surface area contributed by atoms with E-state index in [0.29, 0.717) is 41.3 Å². The van der Waals surface area contributed by atoms with Crippen LogP contribution in [0, 0.1) is 17.2 Å². The average molecular weight is 557 g/mol. The number of hydrogen-bond acceptors (Lipinski definition) is 7. The van der Waals surface area contributed by atoms with E-state index >= 15 is 0 Å². The van der Waals surface area contributed by atoms with E-state index in [2.05, 4.69) is 27.4 Å². The van der Waals surface area contributed by atoms with Gasteiger partial charge in [-0.15, -0.1) is 0 Å². The first-order chi connectivity index (χ1) is 19.7. The Morgan fingerprint density at radius 3 is 2.54 bits per heavy atom. The van der Waals surface area contributed by atoms with Crippen LogP contribution in [0.25, 0.3) is 0 Å². The van der Waals surface area contributed by atoms with Crippen molar-refractivity contribution in [2.24, 2.45) is 5.92 Å². The third-order valence-corrected chi connectivity index (χ3v) is 7.14. The van der Waals surface area contributed by atoms with E-state index in [1.807, 2.05) is 32.2 Å². The molecule has 3 unspecified atom stereocenters. The van der Waals surface area contributed by atoms with Gasteiger partial charge in [0.1, 0.15) is 11.9 Å². The Hall–Kier alpha value is -4.46. The summed E-state index contributed by atoms with van der Waals surface area (Å²) in [5.74, 6) is 0.451. The number of aliphatic hydroxyl groups is 1. The molecule has 0 spiro atoms. The smallest absolute Gasteiger partial charge is 0.323 e. The number of urea groups is 1. The van der Waals surface area contributed by atoms with Gasteiger partial charge in [-0.25, -0.2) is 4.79 Å². The summed E-state index contributed by atoms with van der Waals surface area (Å²) in [4.78, 5) is 34.1. The van der Waals surface area contributed by atoms with E-state index in [4.69, 9.17) is 10.00 Å². The summed E-state index contributed by atoms with van der Waals surface area (Å²) >= 11 is 0. The Morgan fingerprint density at radius 2 is 1.85 bits per heavy atom. The summed E-state index contributed by atoms with van der Waals surface area (Å²) in [7, 11) is 2.03. The van der Waals surface area contributed by atoms with E-state index < -0.39 is 6.03 Å². The Labute approximate surface area is 240 Å². The van der Waals surface area contributed by atoms with Crippen LogP contribution in [0.1, 0.15) is 30.5 Å². The van der Waals surface area contributed by atoms with Crippen molar-refractivity contribution in [3.8, 4) is 11.8 Å². The Balaban J connectivity index is 1.55. The molecule has 2 aromatic carbocycles. The lowest BCUT2D eigenvalue weighted by molar-refractivity contribution is -0.134. The molecular formula is C31H36N6O4. The van der Waals surface area contributed by atoms with Crippen LogP contribution in [-0.2, 0) is 17.8 Å². The van der Waals surface area contributed by atoms with Crippen molar-refractivity contribution in [3.63, 3.8) is 0 Å². The fraction of sp³-hybridized carbons (Fsp3) is 0.355. The molecule has 2 heterocycles. The highest BCUT2D eigenvalue weighted by Crippen LogP contribution is 2.29. The zero-order chi connectivity index (χ0) is 29.4. The van der Waals surface area contributed by atoms with E-state index in [0.717, 1.165) is 12.1 Å². The van der Waals surface area contributed by atoms with Crippen LogP contribution in [0.15, 0.2) is 67.0 Å². The van der Waals surface area contributed by atoms with Gasteiger partial charge in [0.05, 0.1) is 30.7 Å². The first-order valence-corrected chi connectivity index (χ1v) is 13.6. The topological polar surface area (TPSA) is 131 Å². The van der Waals surface area contributed by atoms with Gasteiger partial charge in [0.15, 0.2) is 0 Å². The van der Waals surface area contributed by atoms with Crippen molar-refractivity contribution in [3.05, 3.63) is 83.7 Å². The first kappa shape index (κ1) is 29.5. The SMILES string of the molecule is CC1CN(C(C)CO)C(=O)Cc2cc(NC(=O)Nc3ccc(C#N)cc3)ccc2OC1CN(C)Cc1ccncc1. The molecule has 1 aromatic heterocycles. The van der Waals surface area contributed by atoms with Gasteiger partial charge in [-0.3, -0.25) is 14.7 Å². The molecule has 0 saturated heterocycles. The van der Waals surface area contributed by atoms with Gasteiger partial charge < -0.3 is 25.4 Å². The second kappa shape index (κ2) is 13.7. The normalized spacial score (nSPS) is 17.8. The van der Waals surface area contributed by atoms with Gasteiger partial charge in [-0.2, -0.15) is 5.26 Å². The minimum absolute atomic E-state index is 0.0187. The number of anilines is 2. The maximum Gasteiger partial charge on any atom is 0.323 e. The van der Waals surface area contributed by atoms with Crippen LogP contribution in [0.2, 0.25) is 0 Å². The fourth-order valence-electron chi connectivity index (χ4n) is 4.82. The van der Waals surface area contributed by atoms with Crippen LogP contribution in [0.3, 0.4) is 0 Å². The van der Waals surface area contributed by atoms with Gasteiger partial charge in [-0.05, 0) is 74.1 Å². The largest absolute Gasteiger partial charge is 0.488 e. The zero-order valence-electron chi connectivity index (χ0n) is 23.6. The maximum atomic E-state index is 13.4. The average Bonchev–Trinajstić information content (AvgIpc) is 3.01. The number of carbonyl (C=O) groups is 2. The molecule has 41 heavy (non-hydrogen) atoms. The number of ether oxygens (including phenoxy) is 1. The molecule has 3 atom stereocenters. The van der Waals surface area contributed by atoms with Crippen molar-refractivity contribution < 1.29 is 19.4 Å². The minimum Gasteiger partial charge on any atom is -0.488 e. The highest BCUT2D eigenvalue weighted by Gasteiger charge is 2.31. The number of nitriles is 1. The summed E-state index contributed by atoms with van der Waals surface area (Å²) in [6, 6.07) is 17.0. The summed E-state index contributed by atoms with van der Waals surface area (Å²) in [5, 5.41) is 24.4. The molecule has 1 aliphatic rings. The van der Waals surface area contributed by atoms with E-state index in [9.17, 15) is 14.7 Å². The van der Waals surface area contributed by atoms with E-state index in [-0.39, 0.29) is 37.0 Å². The van der Waals surface area contributed by atoms with Crippen molar-refractivity contribution in [2.75, 3.05) is 37.4 Å². The summed E-state index contributed by atoms with van der Waals surface area (Å²) in [6.07, 6.45) is 3.38. The third-order valence-electron chi connectivity index (χ3n) is 7.14. The second-order valence-electron chi connectivity index (χ2n) is 10.5. The Kier molecular flexibility index (Phi) is 9.90. The molecule has 0 aliphatic carbocycles. The standard InChI is InChI=1S/C31H36N6O4/c1-21-17-37(22(2)20-38)30(39)15-25-14-27(35-31(40)34-26-6-4-23(16-32)5-7-26)8-9-28(25)41-29(21)19-36(3)18-24-10-12-33-13-11-24/h4-14,21-22,29,38H,15,17-20H2,1-3H3,(H2,34,35,40). The third kappa shape index (κ3) is 8.03. The predicted molar refractivity (Wildman–Crippen MR) is 156 cm³/mol. The van der Waals surface area contributed by atoms with Gasteiger partial charge in [-0.1, -0.05) is 6.92 Å². The van der Waals surface area contributed by atoms with Gasteiger partial charge in [0, 0.05) is 54.9 Å². The zero-order valence-corrected chi connectivity index (χ0v) is 23.6. The number of nitrogens with zero attached hydrogens (tertiary/aromatic N) is 4. The molecule has 1 aliphatic heterocycles. The van der Waals surface area contributed by atoms with Crippen LogP contribution >= 0.6 is 0 Å². The Morgan fingerprint density at radius 1 is 1.17 bits per heavy atom. The molecule has 0 bridgehead atoms. The Bertz CT molecular complexity index is 1380. The summed E-state index contributed by atoms with van der Waals surface area (Å²) in [6.45, 7) is 5.53. The van der Waals surface area contributed by atoms with E-state index in [1.165, 1.54) is 0 Å². The molecule has 3 N–H and O–H groups in total. The number of hydrogen-bond donors (Lipinski definition) is 3. The number of carbonyl (C=O) groups excluding carboxylic acids is 2. The first-order valence-electron chi connectivity index (χ1n) is 13.6. The number of amides is 3. The van der Waals surface area contributed by atoms with Gasteiger partial charge >= 0.3 is 6.03 Å². The van der Waals surface area contributed by atoms with Crippen molar-refractivity contribution in [2.45, 2.75) is 39.0 Å². The summed E-state index contributed by atoms with van der Waals surface area (Å²) in [5.41, 5.74) is 3.34. The lowest BCUT2D eigenvalue weighted by atomic mass is 10.0. The molecule has 3 aromatic rings. The number of fused-ring (bicyclic) bond motifs is 1. The summed E-state index contributed by atoms with van der Waals surface area (Å²) < 4.78 is 6.57. The lowest BCUT2D eigenvalue weighted by Crippen LogP contribution is -2.47. The number of benzene rings is 2. The number of aliphatic hydroxyl groups excluding tert-OH is 1. The quantitative estimate of drug-likeness (QED) is 0.384. The molecule has 214 valence electrons. The molecule has 10 nitrogen and oxygen atoms in total. The second-order valence-corrected chi connectivity index (χ2v) is 10.5. The van der Waals surface area contributed by atoms with Crippen LogP contribution in [-0.4, -0.2) is 70.7 Å². The van der Waals surface area contributed by atoms with Crippen molar-refractivity contribution in [1.82, 2.24) is 14.8 Å². The minimum atomic E-state index is -0.454. The van der Waals surface area contributed by atoms with Gasteiger partial charge in [0.25, 0.3) is 0 Å². The number of pyridine rings is 1. The van der Waals surface area contributed by atoms with Crippen LogP contribution < -0.4 is 15.4 Å². The number of likely N-dealkylation sites (N-methyl/N-ethyl adjacent to an activating group) is 1. The maximum absolute atomic E-state index is 13.4. The molecule has 4 rings (SSSR count). The number of nitrogens with one attached hydrogen (secondary N) is 2. The highest BCUT2D eigenvalue weighted by atomic mass is 16.5. The lowest BCUT2D eigenvalue weighted by Gasteiger charge is -2.34. The van der Waals surface area contributed by atoms with E-state index in [1.54, 1.807) is 59.8 Å². The molecule has 3 amide bonds. The molecular weight excluding hydrogens is 520 g/mol. The highest BCUT2D eigenvalue weighted by molar-refractivity contribution is 6.00. The van der Waals surface area contributed by atoms with Crippen LogP contribution in [0.5, 0.6) is 5.75 Å². The molecule has 0 saturated carbocycles. The number of aromatic nitrogens is 1. The number of rotatable bonds is 8. The fourth-order valence-corrected chi connectivity index (χ4v) is 4.82. The molecule has 0 radical (unpaired) electrons. The molecule has 10 heteroatoms. The molecule has 0 fully saturated rings. The van der Waals surface area contributed by atoms with Crippen molar-refractivity contribution in [1.29, 1.82) is 5.26 Å². The van der Waals surface area contributed by atoms with Gasteiger partial charge in [0.2, 0.25) is 5.91 Å².